The lowest BCUT2D eigenvalue weighted by molar-refractivity contribution is 0.0913. The summed E-state index contributed by atoms with van der Waals surface area (Å²) < 4.78 is 5.62. The molecule has 1 amide bonds. The van der Waals surface area contributed by atoms with Crippen molar-refractivity contribution >= 4 is 5.91 Å². The van der Waals surface area contributed by atoms with Crippen LogP contribution in [-0.4, -0.2) is 30.4 Å². The van der Waals surface area contributed by atoms with Gasteiger partial charge in [0, 0.05) is 12.1 Å². The summed E-state index contributed by atoms with van der Waals surface area (Å²) in [5, 5.41) is 3.08. The zero-order chi connectivity index (χ0) is 16.1. The number of carbonyl (C=O) groups is 1. The van der Waals surface area contributed by atoms with Gasteiger partial charge < -0.3 is 9.73 Å². The molecule has 1 aromatic heterocycles. The molecule has 1 N–H and O–H groups in total. The number of furan rings is 1. The van der Waals surface area contributed by atoms with E-state index in [4.69, 9.17) is 4.42 Å². The van der Waals surface area contributed by atoms with Gasteiger partial charge >= 0.3 is 0 Å². The SMILES string of the molecule is Cc1ccccc1C(=O)NC[C@H](c1ccco1)N1CCCCC1. The van der Waals surface area contributed by atoms with Crippen LogP contribution < -0.4 is 5.32 Å². The molecule has 4 nitrogen and oxygen atoms in total. The number of carbonyl (C=O) groups excluding carboxylic acids is 1. The van der Waals surface area contributed by atoms with Crippen LogP contribution in [0.5, 0.6) is 0 Å². The maximum Gasteiger partial charge on any atom is 0.251 e. The number of nitrogens with one attached hydrogen (secondary N) is 1. The molecule has 1 aliphatic rings. The summed E-state index contributed by atoms with van der Waals surface area (Å²) in [6, 6.07) is 11.7. The highest BCUT2D eigenvalue weighted by molar-refractivity contribution is 5.95. The molecule has 1 aliphatic heterocycles. The van der Waals surface area contributed by atoms with Gasteiger partial charge in [-0.2, -0.15) is 0 Å². The summed E-state index contributed by atoms with van der Waals surface area (Å²) in [7, 11) is 0. The van der Waals surface area contributed by atoms with Crippen LogP contribution in [0.4, 0.5) is 0 Å². The number of nitrogens with zero attached hydrogens (tertiary/aromatic N) is 1. The Morgan fingerprint density at radius 2 is 1.96 bits per heavy atom. The third-order valence-electron chi connectivity index (χ3n) is 4.55. The molecule has 0 aliphatic carbocycles. The highest BCUT2D eigenvalue weighted by Gasteiger charge is 2.25. The number of benzene rings is 1. The van der Waals surface area contributed by atoms with E-state index in [1.807, 2.05) is 43.3 Å². The number of hydrogen-bond acceptors (Lipinski definition) is 3. The van der Waals surface area contributed by atoms with Crippen molar-refractivity contribution < 1.29 is 9.21 Å². The number of rotatable bonds is 5. The minimum atomic E-state index is -0.0170. The lowest BCUT2D eigenvalue weighted by Gasteiger charge is -2.33. The van der Waals surface area contributed by atoms with E-state index >= 15 is 0 Å². The van der Waals surface area contributed by atoms with E-state index in [1.165, 1.54) is 19.3 Å². The van der Waals surface area contributed by atoms with Gasteiger partial charge in [0.25, 0.3) is 5.91 Å². The maximum atomic E-state index is 12.5. The Labute approximate surface area is 137 Å². The Morgan fingerprint density at radius 3 is 2.65 bits per heavy atom. The monoisotopic (exact) mass is 312 g/mol. The molecule has 1 saturated heterocycles. The van der Waals surface area contributed by atoms with Gasteiger partial charge in [0.05, 0.1) is 12.3 Å². The molecule has 1 fully saturated rings. The Balaban J connectivity index is 1.69. The zero-order valence-electron chi connectivity index (χ0n) is 13.6. The number of hydrogen-bond donors (Lipinski definition) is 1. The first-order valence-corrected chi connectivity index (χ1v) is 8.37. The topological polar surface area (TPSA) is 45.5 Å². The second-order valence-electron chi connectivity index (χ2n) is 6.15. The van der Waals surface area contributed by atoms with Crippen LogP contribution in [0.2, 0.25) is 0 Å². The van der Waals surface area contributed by atoms with Crippen molar-refractivity contribution in [3.8, 4) is 0 Å². The normalized spacial score (nSPS) is 16.9. The standard InChI is InChI=1S/C19H24N2O2/c1-15-8-3-4-9-16(15)19(22)20-14-17(18-10-7-13-23-18)21-11-5-2-6-12-21/h3-4,7-10,13,17H,2,5-6,11-12,14H2,1H3,(H,20,22)/t17-/m1/s1. The van der Waals surface area contributed by atoms with Crippen LogP contribution in [0.25, 0.3) is 0 Å². The van der Waals surface area contributed by atoms with Gasteiger partial charge in [0.1, 0.15) is 5.76 Å². The second kappa shape index (κ2) is 7.47. The lowest BCUT2D eigenvalue weighted by atomic mass is 10.1. The van der Waals surface area contributed by atoms with Crippen LogP contribution >= 0.6 is 0 Å². The lowest BCUT2D eigenvalue weighted by Crippen LogP contribution is -2.40. The summed E-state index contributed by atoms with van der Waals surface area (Å²) >= 11 is 0. The Morgan fingerprint density at radius 1 is 1.17 bits per heavy atom. The quantitative estimate of drug-likeness (QED) is 0.918. The minimum Gasteiger partial charge on any atom is -0.468 e. The highest BCUT2D eigenvalue weighted by atomic mass is 16.3. The van der Waals surface area contributed by atoms with E-state index in [1.54, 1.807) is 6.26 Å². The highest BCUT2D eigenvalue weighted by Crippen LogP contribution is 2.24. The molecule has 23 heavy (non-hydrogen) atoms. The van der Waals surface area contributed by atoms with E-state index in [2.05, 4.69) is 10.2 Å². The smallest absolute Gasteiger partial charge is 0.251 e. The van der Waals surface area contributed by atoms with E-state index in [-0.39, 0.29) is 11.9 Å². The average molecular weight is 312 g/mol. The van der Waals surface area contributed by atoms with Crippen molar-refractivity contribution in [1.82, 2.24) is 10.2 Å². The van der Waals surface area contributed by atoms with Gasteiger partial charge in [0.2, 0.25) is 0 Å². The molecule has 4 heteroatoms. The van der Waals surface area contributed by atoms with Crippen molar-refractivity contribution in [3.63, 3.8) is 0 Å². The Hall–Kier alpha value is -2.07. The molecule has 0 spiro atoms. The summed E-state index contributed by atoms with van der Waals surface area (Å²) in [6.45, 7) is 4.65. The molecule has 0 saturated carbocycles. The summed E-state index contributed by atoms with van der Waals surface area (Å²) in [4.78, 5) is 14.9. The van der Waals surface area contributed by atoms with Gasteiger partial charge in [-0.25, -0.2) is 0 Å². The fraction of sp³-hybridized carbons (Fsp3) is 0.421. The first kappa shape index (κ1) is 15.8. The molecule has 1 aromatic carbocycles. The van der Waals surface area contributed by atoms with Crippen LogP contribution in [0.1, 0.15) is 47.0 Å². The number of aryl methyl sites for hydroxylation is 1. The Bertz CT molecular complexity index is 631. The van der Waals surface area contributed by atoms with E-state index in [9.17, 15) is 4.79 Å². The third-order valence-corrected chi connectivity index (χ3v) is 4.55. The molecule has 0 bridgehead atoms. The molecule has 3 rings (SSSR count). The summed E-state index contributed by atoms with van der Waals surface area (Å²) in [6.07, 6.45) is 5.41. The molecule has 0 unspecified atom stereocenters. The zero-order valence-corrected chi connectivity index (χ0v) is 13.6. The van der Waals surface area contributed by atoms with Crippen LogP contribution in [0.15, 0.2) is 47.1 Å². The average Bonchev–Trinajstić information content (AvgIpc) is 3.10. The van der Waals surface area contributed by atoms with E-state index < -0.39 is 0 Å². The third kappa shape index (κ3) is 3.82. The fourth-order valence-corrected chi connectivity index (χ4v) is 3.23. The van der Waals surface area contributed by atoms with Crippen molar-refractivity contribution in [1.29, 1.82) is 0 Å². The predicted molar refractivity (Wildman–Crippen MR) is 90.4 cm³/mol. The molecule has 122 valence electrons. The van der Waals surface area contributed by atoms with Crippen molar-refractivity contribution in [3.05, 3.63) is 59.5 Å². The predicted octanol–water partition coefficient (Wildman–Crippen LogP) is 3.55. The number of likely N-dealkylation sites (tertiary alicyclic amines) is 1. The molecule has 2 heterocycles. The molecular weight excluding hydrogens is 288 g/mol. The van der Waals surface area contributed by atoms with Gasteiger partial charge in [-0.05, 0) is 56.6 Å². The summed E-state index contributed by atoms with van der Waals surface area (Å²) in [5.41, 5.74) is 1.74. The Kier molecular flexibility index (Phi) is 5.13. The van der Waals surface area contributed by atoms with Crippen LogP contribution in [0, 0.1) is 6.92 Å². The molecule has 2 aromatic rings. The van der Waals surface area contributed by atoms with Gasteiger partial charge in [-0.15, -0.1) is 0 Å². The first-order valence-electron chi connectivity index (χ1n) is 8.37. The van der Waals surface area contributed by atoms with Gasteiger partial charge in [-0.3, -0.25) is 9.69 Å². The molecule has 1 atom stereocenters. The van der Waals surface area contributed by atoms with Crippen LogP contribution in [0.3, 0.4) is 0 Å². The number of amides is 1. The van der Waals surface area contributed by atoms with Crippen molar-refractivity contribution in [2.75, 3.05) is 19.6 Å². The van der Waals surface area contributed by atoms with E-state index in [0.29, 0.717) is 6.54 Å². The van der Waals surface area contributed by atoms with Crippen LogP contribution in [-0.2, 0) is 0 Å². The van der Waals surface area contributed by atoms with Gasteiger partial charge in [0.15, 0.2) is 0 Å². The van der Waals surface area contributed by atoms with Crippen molar-refractivity contribution in [2.24, 2.45) is 0 Å². The molecular formula is C19H24N2O2. The molecule has 0 radical (unpaired) electrons. The summed E-state index contributed by atoms with van der Waals surface area (Å²) in [5.74, 6) is 0.911. The fourth-order valence-electron chi connectivity index (χ4n) is 3.23. The largest absolute Gasteiger partial charge is 0.468 e. The minimum absolute atomic E-state index is 0.0170. The van der Waals surface area contributed by atoms with Crippen molar-refractivity contribution in [2.45, 2.75) is 32.2 Å². The number of piperidine rings is 1. The van der Waals surface area contributed by atoms with E-state index in [0.717, 1.165) is 30.0 Å². The first-order chi connectivity index (χ1) is 11.3. The van der Waals surface area contributed by atoms with Gasteiger partial charge in [-0.1, -0.05) is 24.6 Å². The maximum absolute atomic E-state index is 12.5. The second-order valence-corrected chi connectivity index (χ2v) is 6.15.